The van der Waals surface area contributed by atoms with E-state index in [1.807, 2.05) is 0 Å². The van der Waals surface area contributed by atoms with Crippen molar-refractivity contribution in [3.8, 4) is 0 Å². The Hall–Kier alpha value is -3.05. The van der Waals surface area contributed by atoms with Crippen LogP contribution in [0.2, 0.25) is 0 Å². The van der Waals surface area contributed by atoms with Crippen LogP contribution in [0.4, 0.5) is 4.79 Å². The maximum absolute atomic E-state index is 13.1. The molecule has 0 aliphatic heterocycles. The lowest BCUT2D eigenvalue weighted by Crippen LogP contribution is -2.55. The third kappa shape index (κ3) is 12.5. The molecule has 0 bridgehead atoms. The fraction of sp³-hybridized carbons (Fsp3) is 0.762. The summed E-state index contributed by atoms with van der Waals surface area (Å²) in [6.07, 6.45) is -1.10. The number of carbonyl (C=O) groups excluding carboxylic acids is 3. The summed E-state index contributed by atoms with van der Waals surface area (Å²) in [7, 11) is 0. The average molecular weight is 475 g/mol. The van der Waals surface area contributed by atoms with Gasteiger partial charge in [-0.3, -0.25) is 14.6 Å². The number of hydrogen-bond donors (Lipinski definition) is 4. The molecule has 0 rings (SSSR count). The summed E-state index contributed by atoms with van der Waals surface area (Å²) in [6.45, 7) is 13.7. The Morgan fingerprint density at radius 2 is 1.24 bits per heavy atom. The first-order chi connectivity index (χ1) is 14.6. The van der Waals surface area contributed by atoms with Crippen LogP contribution < -0.4 is 16.8 Å². The monoisotopic (exact) mass is 474 g/mol. The minimum atomic E-state index is -1.92. The van der Waals surface area contributed by atoms with Gasteiger partial charge in [0, 0.05) is 0 Å². The molecule has 0 aromatic rings. The van der Waals surface area contributed by atoms with Gasteiger partial charge in [0.15, 0.2) is 5.96 Å². The highest BCUT2D eigenvalue weighted by Crippen LogP contribution is 2.26. The molecule has 0 aliphatic carbocycles. The number of ether oxygens (including phenoxy) is 3. The van der Waals surface area contributed by atoms with Gasteiger partial charge >= 0.3 is 24.0 Å². The van der Waals surface area contributed by atoms with Gasteiger partial charge in [0.25, 0.3) is 0 Å². The first-order valence-electron chi connectivity index (χ1n) is 10.4. The highest BCUT2D eigenvalue weighted by atomic mass is 16.6. The van der Waals surface area contributed by atoms with Crippen molar-refractivity contribution >= 4 is 30.0 Å². The fourth-order valence-electron chi connectivity index (χ4n) is 2.56. The zero-order valence-electron chi connectivity index (χ0n) is 20.8. The molecule has 0 saturated carbocycles. The number of aliphatic imine (C=N–C) groups is 1. The lowest BCUT2D eigenvalue weighted by molar-refractivity contribution is -0.176. The van der Waals surface area contributed by atoms with Crippen molar-refractivity contribution in [2.75, 3.05) is 6.54 Å². The van der Waals surface area contributed by atoms with Gasteiger partial charge in [-0.05, 0) is 62.3 Å². The predicted molar refractivity (Wildman–Crippen MR) is 120 cm³/mol. The third-order valence-corrected chi connectivity index (χ3v) is 3.59. The Morgan fingerprint density at radius 1 is 0.818 bits per heavy atom. The van der Waals surface area contributed by atoms with E-state index in [1.165, 1.54) is 0 Å². The molecular formula is C21H38N4O8. The Labute approximate surface area is 194 Å². The summed E-state index contributed by atoms with van der Waals surface area (Å²) < 4.78 is 15.9. The number of nitrogens with two attached hydrogens (primary N) is 2. The third-order valence-electron chi connectivity index (χ3n) is 3.59. The summed E-state index contributed by atoms with van der Waals surface area (Å²) in [4.78, 5) is 54.4. The number of esters is 2. The molecule has 3 atom stereocenters. The van der Waals surface area contributed by atoms with Crippen LogP contribution in [-0.2, 0) is 28.6 Å². The molecule has 0 spiro atoms. The number of hydrogen-bond acceptors (Lipinski definition) is 8. The van der Waals surface area contributed by atoms with Crippen molar-refractivity contribution in [2.24, 2.45) is 28.3 Å². The standard InChI is InChI=1S/C21H38N4O8/c1-19(2,3)31-15(28)11(10-24-17(22)23)12(16(29)32-20(4,5)6)13(14(26)27)25-18(30)33-21(7,8)9/h11-13H,10H2,1-9H3,(H,25,30)(H,26,27)(H4,22,23,24)/t11?,12?,13-/m0/s1. The Bertz CT molecular complexity index is 756. The number of carboxylic acid groups (broad SMARTS) is 1. The smallest absolute Gasteiger partial charge is 0.408 e. The van der Waals surface area contributed by atoms with Gasteiger partial charge < -0.3 is 36.1 Å². The highest BCUT2D eigenvalue weighted by Gasteiger charge is 2.47. The van der Waals surface area contributed by atoms with E-state index in [9.17, 15) is 24.3 Å². The van der Waals surface area contributed by atoms with Crippen LogP contribution in [0.1, 0.15) is 62.3 Å². The number of nitrogens with zero attached hydrogens (tertiary/aromatic N) is 1. The Morgan fingerprint density at radius 3 is 1.61 bits per heavy atom. The van der Waals surface area contributed by atoms with Gasteiger partial charge in [-0.15, -0.1) is 0 Å². The van der Waals surface area contributed by atoms with Crippen LogP contribution in [0.15, 0.2) is 4.99 Å². The normalized spacial score (nSPS) is 14.8. The minimum absolute atomic E-state index is 0.390. The van der Waals surface area contributed by atoms with E-state index in [1.54, 1.807) is 62.3 Å². The van der Waals surface area contributed by atoms with Gasteiger partial charge in [0.2, 0.25) is 0 Å². The number of aliphatic carboxylic acids is 1. The van der Waals surface area contributed by atoms with Gasteiger partial charge in [0.05, 0.1) is 12.5 Å². The van der Waals surface area contributed by atoms with Crippen LogP contribution in [0, 0.1) is 11.8 Å². The average Bonchev–Trinajstić information content (AvgIpc) is 2.51. The predicted octanol–water partition coefficient (Wildman–Crippen LogP) is 1.15. The van der Waals surface area contributed by atoms with E-state index < -0.39 is 71.2 Å². The van der Waals surface area contributed by atoms with E-state index in [4.69, 9.17) is 25.7 Å². The molecule has 33 heavy (non-hydrogen) atoms. The van der Waals surface area contributed by atoms with Crippen LogP contribution in [-0.4, -0.2) is 64.5 Å². The first kappa shape index (κ1) is 29.9. The number of carboxylic acids is 1. The van der Waals surface area contributed by atoms with Crippen molar-refractivity contribution in [2.45, 2.75) is 85.2 Å². The summed E-state index contributed by atoms with van der Waals surface area (Å²) in [5.74, 6) is -7.24. The van der Waals surface area contributed by atoms with E-state index in [0.717, 1.165) is 0 Å². The van der Waals surface area contributed by atoms with Gasteiger partial charge in [-0.25, -0.2) is 9.59 Å². The number of rotatable bonds is 8. The Balaban J connectivity index is 6.52. The summed E-state index contributed by atoms with van der Waals surface area (Å²) in [6, 6.07) is -1.92. The zero-order valence-corrected chi connectivity index (χ0v) is 20.8. The van der Waals surface area contributed by atoms with Crippen molar-refractivity contribution in [1.82, 2.24) is 5.32 Å². The largest absolute Gasteiger partial charge is 0.480 e. The van der Waals surface area contributed by atoms with Crippen molar-refractivity contribution in [1.29, 1.82) is 0 Å². The first-order valence-corrected chi connectivity index (χ1v) is 10.4. The summed E-state index contributed by atoms with van der Waals surface area (Å²) in [5.41, 5.74) is 7.83. The Kier molecular flexibility index (Phi) is 10.2. The van der Waals surface area contributed by atoms with Crippen LogP contribution in [0.3, 0.4) is 0 Å². The SMILES string of the molecule is CC(C)(C)OC(=O)N[C@H](C(=O)O)C(C(=O)OC(C)(C)C)C(CN=C(N)N)C(=O)OC(C)(C)C. The highest BCUT2D eigenvalue weighted by molar-refractivity contribution is 5.91. The van der Waals surface area contributed by atoms with Crippen molar-refractivity contribution < 1.29 is 38.5 Å². The molecule has 0 radical (unpaired) electrons. The maximum atomic E-state index is 13.1. The van der Waals surface area contributed by atoms with Crippen LogP contribution in [0.25, 0.3) is 0 Å². The number of nitrogens with one attached hydrogen (secondary N) is 1. The lowest BCUT2D eigenvalue weighted by Gasteiger charge is -2.33. The number of carbonyl (C=O) groups is 4. The molecule has 6 N–H and O–H groups in total. The van der Waals surface area contributed by atoms with Crippen LogP contribution in [0.5, 0.6) is 0 Å². The van der Waals surface area contributed by atoms with Gasteiger partial charge in [0.1, 0.15) is 28.8 Å². The van der Waals surface area contributed by atoms with E-state index >= 15 is 0 Å². The second kappa shape index (κ2) is 11.2. The zero-order chi connectivity index (χ0) is 26.4. The molecular weight excluding hydrogens is 436 g/mol. The molecule has 190 valence electrons. The van der Waals surface area contributed by atoms with E-state index in [0.29, 0.717) is 0 Å². The maximum Gasteiger partial charge on any atom is 0.408 e. The fourth-order valence-corrected chi connectivity index (χ4v) is 2.56. The second-order valence-corrected chi connectivity index (χ2v) is 10.4. The lowest BCUT2D eigenvalue weighted by atomic mass is 9.85. The molecule has 0 heterocycles. The molecule has 0 aromatic carbocycles. The van der Waals surface area contributed by atoms with Gasteiger partial charge in [-0.1, -0.05) is 0 Å². The van der Waals surface area contributed by atoms with Crippen LogP contribution >= 0.6 is 0 Å². The van der Waals surface area contributed by atoms with Gasteiger partial charge in [-0.2, -0.15) is 0 Å². The number of guanidine groups is 1. The molecule has 1 amide bonds. The molecule has 0 saturated heterocycles. The summed E-state index contributed by atoms with van der Waals surface area (Å²) in [5, 5.41) is 12.0. The number of alkyl carbamates (subject to hydrolysis) is 1. The molecule has 12 heteroatoms. The molecule has 0 aliphatic rings. The summed E-state index contributed by atoms with van der Waals surface area (Å²) >= 11 is 0. The van der Waals surface area contributed by atoms with Crippen molar-refractivity contribution in [3.63, 3.8) is 0 Å². The topological polar surface area (TPSA) is 193 Å². The minimum Gasteiger partial charge on any atom is -0.480 e. The number of amides is 1. The van der Waals surface area contributed by atoms with E-state index in [-0.39, 0.29) is 0 Å². The molecule has 0 fully saturated rings. The molecule has 12 nitrogen and oxygen atoms in total. The quantitative estimate of drug-likeness (QED) is 0.172. The molecule has 2 unspecified atom stereocenters. The van der Waals surface area contributed by atoms with E-state index in [2.05, 4.69) is 10.3 Å². The van der Waals surface area contributed by atoms with Crippen molar-refractivity contribution in [3.05, 3.63) is 0 Å². The second-order valence-electron chi connectivity index (χ2n) is 10.4. The molecule has 0 aromatic heterocycles.